The topological polar surface area (TPSA) is 38.1 Å². The van der Waals surface area contributed by atoms with Gasteiger partial charge >= 0.3 is 0 Å². The van der Waals surface area contributed by atoms with E-state index >= 15 is 0 Å². The molecule has 0 bridgehead atoms. The third-order valence-electron chi connectivity index (χ3n) is 3.68. The largest absolute Gasteiger partial charge is 0.337 e. The minimum absolute atomic E-state index is 0.0445. The summed E-state index contributed by atoms with van der Waals surface area (Å²) in [5.74, 6) is 0.0445. The molecule has 2 rings (SSSR count). The van der Waals surface area contributed by atoms with Crippen molar-refractivity contribution in [3.05, 3.63) is 50.4 Å². The fraction of sp³-hybridized carbons (Fsp3) is 0.375. The van der Waals surface area contributed by atoms with Gasteiger partial charge in [0.15, 0.2) is 0 Å². The molecule has 112 valence electrons. The Morgan fingerprint density at radius 1 is 1.33 bits per heavy atom. The Morgan fingerprint density at radius 2 is 2.00 bits per heavy atom. The second-order valence-corrected chi connectivity index (χ2v) is 6.27. The molecular formula is C16H20IN3O. The zero-order valence-electron chi connectivity index (χ0n) is 12.9. The van der Waals surface area contributed by atoms with Crippen LogP contribution in [0.1, 0.15) is 34.2 Å². The smallest absolute Gasteiger partial charge is 0.254 e. The number of carbonyl (C=O) groups is 1. The maximum atomic E-state index is 12.6. The number of amides is 1. The molecule has 0 atom stereocenters. The molecule has 0 saturated carbocycles. The van der Waals surface area contributed by atoms with Crippen molar-refractivity contribution in [1.29, 1.82) is 0 Å². The zero-order chi connectivity index (χ0) is 15.6. The first-order chi connectivity index (χ1) is 9.95. The van der Waals surface area contributed by atoms with Gasteiger partial charge in [-0.25, -0.2) is 0 Å². The molecule has 5 heteroatoms. The molecular weight excluding hydrogens is 377 g/mol. The summed E-state index contributed by atoms with van der Waals surface area (Å²) in [6.07, 6.45) is 0. The lowest BCUT2D eigenvalue weighted by molar-refractivity contribution is 0.0783. The highest BCUT2D eigenvalue weighted by Gasteiger charge is 2.18. The summed E-state index contributed by atoms with van der Waals surface area (Å²) in [5, 5.41) is 4.51. The van der Waals surface area contributed by atoms with Crippen LogP contribution in [0.25, 0.3) is 0 Å². The number of nitrogens with zero attached hydrogens (tertiary/aromatic N) is 3. The third kappa shape index (κ3) is 3.28. The number of halogens is 1. The van der Waals surface area contributed by atoms with Gasteiger partial charge in [-0.1, -0.05) is 12.1 Å². The van der Waals surface area contributed by atoms with Gasteiger partial charge in [0.05, 0.1) is 11.3 Å². The van der Waals surface area contributed by atoms with Crippen LogP contribution >= 0.6 is 22.6 Å². The van der Waals surface area contributed by atoms with E-state index in [1.165, 1.54) is 0 Å². The highest BCUT2D eigenvalue weighted by molar-refractivity contribution is 14.1. The van der Waals surface area contributed by atoms with Crippen LogP contribution in [0.2, 0.25) is 0 Å². The predicted molar refractivity (Wildman–Crippen MR) is 92.3 cm³/mol. The Bertz CT molecular complexity index is 664. The molecule has 1 aromatic carbocycles. The molecule has 0 spiro atoms. The van der Waals surface area contributed by atoms with E-state index in [2.05, 4.69) is 41.5 Å². The van der Waals surface area contributed by atoms with Crippen LogP contribution in [0.5, 0.6) is 0 Å². The van der Waals surface area contributed by atoms with Crippen molar-refractivity contribution < 1.29 is 4.79 Å². The van der Waals surface area contributed by atoms with Crippen molar-refractivity contribution in [1.82, 2.24) is 14.7 Å². The molecule has 0 N–H and O–H groups in total. The van der Waals surface area contributed by atoms with E-state index in [1.54, 1.807) is 4.90 Å². The van der Waals surface area contributed by atoms with Crippen molar-refractivity contribution in [2.75, 3.05) is 7.05 Å². The first-order valence-corrected chi connectivity index (χ1v) is 8.06. The third-order valence-corrected chi connectivity index (χ3v) is 4.62. The van der Waals surface area contributed by atoms with Crippen molar-refractivity contribution in [3.63, 3.8) is 0 Å². The highest BCUT2D eigenvalue weighted by Crippen LogP contribution is 2.18. The van der Waals surface area contributed by atoms with Crippen LogP contribution < -0.4 is 0 Å². The quantitative estimate of drug-likeness (QED) is 0.742. The SMILES string of the molecule is CCn1nc(C)c(CN(C)C(=O)c2ccccc2I)c1C. The average Bonchev–Trinajstić information content (AvgIpc) is 2.74. The summed E-state index contributed by atoms with van der Waals surface area (Å²) >= 11 is 2.20. The second-order valence-electron chi connectivity index (χ2n) is 5.11. The van der Waals surface area contributed by atoms with Crippen molar-refractivity contribution in [2.45, 2.75) is 33.9 Å². The van der Waals surface area contributed by atoms with Gasteiger partial charge in [-0.3, -0.25) is 9.48 Å². The molecule has 1 aromatic heterocycles. The first-order valence-electron chi connectivity index (χ1n) is 6.98. The molecule has 0 aliphatic heterocycles. The summed E-state index contributed by atoms with van der Waals surface area (Å²) in [6.45, 7) is 7.56. The number of aryl methyl sites for hydroxylation is 2. The maximum Gasteiger partial charge on any atom is 0.254 e. The van der Waals surface area contributed by atoms with Gasteiger partial charge in [-0.15, -0.1) is 0 Å². The van der Waals surface area contributed by atoms with Crippen LogP contribution in [-0.4, -0.2) is 27.6 Å². The molecule has 0 radical (unpaired) electrons. The van der Waals surface area contributed by atoms with Crippen LogP contribution in [-0.2, 0) is 13.1 Å². The standard InChI is InChI=1S/C16H20IN3O/c1-5-20-12(3)14(11(2)18-20)10-19(4)16(21)13-8-6-7-9-15(13)17/h6-9H,5,10H2,1-4H3. The monoisotopic (exact) mass is 397 g/mol. The van der Waals surface area contributed by atoms with Crippen molar-refractivity contribution in [2.24, 2.45) is 0 Å². The van der Waals surface area contributed by atoms with Crippen LogP contribution in [0.3, 0.4) is 0 Å². The van der Waals surface area contributed by atoms with E-state index in [4.69, 9.17) is 0 Å². The fourth-order valence-electron chi connectivity index (χ4n) is 2.42. The first kappa shape index (κ1) is 16.0. The summed E-state index contributed by atoms with van der Waals surface area (Å²) in [7, 11) is 1.84. The predicted octanol–water partition coefficient (Wildman–Crippen LogP) is 3.40. The van der Waals surface area contributed by atoms with Gasteiger partial charge in [0, 0.05) is 35.0 Å². The minimum atomic E-state index is 0.0445. The number of hydrogen-bond acceptors (Lipinski definition) is 2. The summed E-state index contributed by atoms with van der Waals surface area (Å²) in [6, 6.07) is 7.66. The Morgan fingerprint density at radius 3 is 2.57 bits per heavy atom. The average molecular weight is 397 g/mol. The molecule has 4 nitrogen and oxygen atoms in total. The van der Waals surface area contributed by atoms with E-state index < -0.39 is 0 Å². The second kappa shape index (κ2) is 6.60. The highest BCUT2D eigenvalue weighted by atomic mass is 127. The Kier molecular flexibility index (Phi) is 5.03. The van der Waals surface area contributed by atoms with E-state index in [0.717, 1.165) is 32.6 Å². The van der Waals surface area contributed by atoms with Crippen LogP contribution in [0, 0.1) is 17.4 Å². The van der Waals surface area contributed by atoms with E-state index in [1.807, 2.05) is 42.9 Å². The lowest BCUT2D eigenvalue weighted by Gasteiger charge is -2.18. The number of carbonyl (C=O) groups excluding carboxylic acids is 1. The molecule has 0 saturated heterocycles. The lowest BCUT2D eigenvalue weighted by Crippen LogP contribution is -2.27. The van der Waals surface area contributed by atoms with Crippen molar-refractivity contribution in [3.8, 4) is 0 Å². The maximum absolute atomic E-state index is 12.6. The Hall–Kier alpha value is -1.37. The molecule has 21 heavy (non-hydrogen) atoms. The van der Waals surface area contributed by atoms with E-state index in [9.17, 15) is 4.79 Å². The molecule has 1 heterocycles. The minimum Gasteiger partial charge on any atom is -0.337 e. The number of hydrogen-bond donors (Lipinski definition) is 0. The lowest BCUT2D eigenvalue weighted by atomic mass is 10.1. The molecule has 2 aromatic rings. The van der Waals surface area contributed by atoms with Gasteiger partial charge in [-0.2, -0.15) is 5.10 Å². The number of benzene rings is 1. The Labute approximate surface area is 139 Å². The van der Waals surface area contributed by atoms with Gasteiger partial charge in [-0.05, 0) is 55.5 Å². The summed E-state index contributed by atoms with van der Waals surface area (Å²) in [4.78, 5) is 14.3. The fourth-order valence-corrected chi connectivity index (χ4v) is 3.04. The van der Waals surface area contributed by atoms with Crippen LogP contribution in [0.4, 0.5) is 0 Å². The Balaban J connectivity index is 2.22. The summed E-state index contributed by atoms with van der Waals surface area (Å²) < 4.78 is 2.96. The summed E-state index contributed by atoms with van der Waals surface area (Å²) in [5.41, 5.74) is 4.02. The number of rotatable bonds is 4. The van der Waals surface area contributed by atoms with E-state index in [-0.39, 0.29) is 5.91 Å². The molecule has 0 unspecified atom stereocenters. The van der Waals surface area contributed by atoms with Gasteiger partial charge in [0.25, 0.3) is 5.91 Å². The molecule has 1 amide bonds. The van der Waals surface area contributed by atoms with Crippen LogP contribution in [0.15, 0.2) is 24.3 Å². The number of aromatic nitrogens is 2. The van der Waals surface area contributed by atoms with Crippen molar-refractivity contribution >= 4 is 28.5 Å². The molecule has 0 aliphatic carbocycles. The molecule has 0 fully saturated rings. The normalized spacial score (nSPS) is 10.7. The zero-order valence-corrected chi connectivity index (χ0v) is 15.0. The van der Waals surface area contributed by atoms with Gasteiger partial charge < -0.3 is 4.90 Å². The van der Waals surface area contributed by atoms with Gasteiger partial charge in [0.2, 0.25) is 0 Å². The molecule has 0 aliphatic rings. The van der Waals surface area contributed by atoms with Gasteiger partial charge in [0.1, 0.15) is 0 Å². The van der Waals surface area contributed by atoms with E-state index in [0.29, 0.717) is 6.54 Å².